The van der Waals surface area contributed by atoms with Crippen molar-refractivity contribution in [3.63, 3.8) is 0 Å². The fraction of sp³-hybridized carbons (Fsp3) is 0.364. The minimum atomic E-state index is 0.709. The number of ether oxygens (including phenoxy) is 2. The van der Waals surface area contributed by atoms with Gasteiger partial charge in [-0.1, -0.05) is 42.5 Å². The molecule has 0 aromatic heterocycles. The SMILES string of the molecule is COc1cc2c(cc1OC)C1CC2C2C(/C=C/c3ccccc3)C12. The van der Waals surface area contributed by atoms with Crippen molar-refractivity contribution in [1.29, 1.82) is 0 Å². The second kappa shape index (κ2) is 5.14. The van der Waals surface area contributed by atoms with E-state index in [1.54, 1.807) is 14.2 Å². The summed E-state index contributed by atoms with van der Waals surface area (Å²) >= 11 is 0. The van der Waals surface area contributed by atoms with E-state index in [0.717, 1.165) is 29.3 Å². The van der Waals surface area contributed by atoms with Crippen molar-refractivity contribution in [1.82, 2.24) is 0 Å². The Hall–Kier alpha value is -2.22. The largest absolute Gasteiger partial charge is 0.493 e. The van der Waals surface area contributed by atoms with Gasteiger partial charge in [-0.05, 0) is 64.8 Å². The van der Waals surface area contributed by atoms with Crippen molar-refractivity contribution < 1.29 is 9.47 Å². The third kappa shape index (κ3) is 1.89. The van der Waals surface area contributed by atoms with Crippen LogP contribution in [0.3, 0.4) is 0 Å². The van der Waals surface area contributed by atoms with Gasteiger partial charge >= 0.3 is 0 Å². The molecule has 0 N–H and O–H groups in total. The highest BCUT2D eigenvalue weighted by Gasteiger charge is 2.65. The molecular formula is C22H22O2. The van der Waals surface area contributed by atoms with Gasteiger partial charge in [0.1, 0.15) is 0 Å². The molecule has 0 spiro atoms. The molecule has 4 unspecified atom stereocenters. The van der Waals surface area contributed by atoms with Gasteiger partial charge in [-0.15, -0.1) is 0 Å². The van der Waals surface area contributed by atoms with E-state index in [2.05, 4.69) is 54.6 Å². The predicted molar refractivity (Wildman–Crippen MR) is 95.6 cm³/mol. The van der Waals surface area contributed by atoms with Crippen LogP contribution in [0.15, 0.2) is 48.5 Å². The first-order valence-corrected chi connectivity index (χ1v) is 8.81. The Morgan fingerprint density at radius 2 is 1.46 bits per heavy atom. The first-order valence-electron chi connectivity index (χ1n) is 8.81. The fourth-order valence-corrected chi connectivity index (χ4v) is 5.31. The molecule has 24 heavy (non-hydrogen) atoms. The van der Waals surface area contributed by atoms with Crippen LogP contribution >= 0.6 is 0 Å². The molecule has 0 heterocycles. The van der Waals surface area contributed by atoms with Gasteiger partial charge < -0.3 is 9.47 Å². The molecule has 5 rings (SSSR count). The second-order valence-electron chi connectivity index (χ2n) is 7.29. The molecule has 2 bridgehead atoms. The quantitative estimate of drug-likeness (QED) is 0.801. The third-order valence-corrected chi connectivity index (χ3v) is 6.33. The predicted octanol–water partition coefficient (Wildman–Crippen LogP) is 4.86. The van der Waals surface area contributed by atoms with Crippen LogP contribution in [0, 0.1) is 17.8 Å². The zero-order valence-corrected chi connectivity index (χ0v) is 14.1. The lowest BCUT2D eigenvalue weighted by Gasteiger charge is -2.17. The van der Waals surface area contributed by atoms with Gasteiger partial charge in [0.05, 0.1) is 14.2 Å². The molecule has 0 saturated heterocycles. The number of hydrogen-bond acceptors (Lipinski definition) is 2. The molecule has 4 atom stereocenters. The van der Waals surface area contributed by atoms with E-state index in [4.69, 9.17) is 9.47 Å². The number of fused-ring (bicyclic) bond motifs is 8. The van der Waals surface area contributed by atoms with Gasteiger partial charge in [0.25, 0.3) is 0 Å². The minimum Gasteiger partial charge on any atom is -0.493 e. The van der Waals surface area contributed by atoms with Gasteiger partial charge in [-0.3, -0.25) is 0 Å². The van der Waals surface area contributed by atoms with E-state index in [1.165, 1.54) is 23.1 Å². The maximum Gasteiger partial charge on any atom is 0.161 e. The lowest BCUT2D eigenvalue weighted by molar-refractivity contribution is 0.353. The summed E-state index contributed by atoms with van der Waals surface area (Å²) in [6.07, 6.45) is 6.06. The highest BCUT2D eigenvalue weighted by atomic mass is 16.5. The summed E-state index contributed by atoms with van der Waals surface area (Å²) in [7, 11) is 3.45. The van der Waals surface area contributed by atoms with Crippen molar-refractivity contribution in [3.8, 4) is 11.5 Å². The molecule has 2 aromatic carbocycles. The molecule has 0 radical (unpaired) electrons. The van der Waals surface area contributed by atoms with E-state index in [0.29, 0.717) is 11.8 Å². The van der Waals surface area contributed by atoms with E-state index in [-0.39, 0.29) is 0 Å². The molecule has 2 nitrogen and oxygen atoms in total. The molecule has 2 heteroatoms. The number of methoxy groups -OCH3 is 2. The second-order valence-corrected chi connectivity index (χ2v) is 7.29. The molecule has 3 aliphatic rings. The summed E-state index contributed by atoms with van der Waals surface area (Å²) < 4.78 is 11.0. The van der Waals surface area contributed by atoms with Crippen molar-refractivity contribution in [2.24, 2.45) is 17.8 Å². The minimum absolute atomic E-state index is 0.709. The molecule has 2 aromatic rings. The standard InChI is InChI=1S/C22H22O2/c1-23-19-11-15-16(12-20(19)24-2)18-10-17(15)21-14(22(18)21)9-8-13-6-4-3-5-7-13/h3-9,11-12,14,17-18,21-22H,10H2,1-2H3/b9-8+. The van der Waals surface area contributed by atoms with Crippen molar-refractivity contribution in [2.75, 3.05) is 14.2 Å². The van der Waals surface area contributed by atoms with E-state index < -0.39 is 0 Å². The Morgan fingerprint density at radius 1 is 0.875 bits per heavy atom. The first kappa shape index (κ1) is 14.2. The van der Waals surface area contributed by atoms with Crippen LogP contribution in [0.1, 0.15) is 34.9 Å². The zero-order chi connectivity index (χ0) is 16.3. The Labute approximate surface area is 143 Å². The smallest absolute Gasteiger partial charge is 0.161 e. The molecule has 2 saturated carbocycles. The average Bonchev–Trinajstić information content (AvgIpc) is 3.07. The number of allylic oxidation sites excluding steroid dienone is 1. The lowest BCUT2D eigenvalue weighted by atomic mass is 9.91. The maximum absolute atomic E-state index is 5.51. The Morgan fingerprint density at radius 3 is 2.00 bits per heavy atom. The van der Waals surface area contributed by atoms with Crippen LogP contribution in [-0.4, -0.2) is 14.2 Å². The van der Waals surface area contributed by atoms with Crippen LogP contribution in [0.25, 0.3) is 6.08 Å². The summed E-state index contributed by atoms with van der Waals surface area (Å²) in [4.78, 5) is 0. The van der Waals surface area contributed by atoms with Crippen LogP contribution in [0.2, 0.25) is 0 Å². The Bertz CT molecular complexity index is 765. The third-order valence-electron chi connectivity index (χ3n) is 6.33. The summed E-state index contributed by atoms with van der Waals surface area (Å²) in [5, 5.41) is 0. The van der Waals surface area contributed by atoms with Gasteiger partial charge in [0, 0.05) is 0 Å². The summed E-state index contributed by atoms with van der Waals surface area (Å²) in [6.45, 7) is 0. The molecule has 3 aliphatic carbocycles. The number of rotatable bonds is 4. The Kier molecular flexibility index (Phi) is 3.03. The highest BCUT2D eigenvalue weighted by Crippen LogP contribution is 2.74. The van der Waals surface area contributed by atoms with Crippen molar-refractivity contribution in [3.05, 3.63) is 65.2 Å². The number of hydrogen-bond donors (Lipinski definition) is 0. The monoisotopic (exact) mass is 318 g/mol. The van der Waals surface area contributed by atoms with Gasteiger partial charge in [0.2, 0.25) is 0 Å². The van der Waals surface area contributed by atoms with Crippen LogP contribution < -0.4 is 9.47 Å². The lowest BCUT2D eigenvalue weighted by Crippen LogP contribution is -2.02. The van der Waals surface area contributed by atoms with Gasteiger partial charge in [-0.2, -0.15) is 0 Å². The first-order chi connectivity index (χ1) is 11.8. The van der Waals surface area contributed by atoms with Crippen LogP contribution in [0.5, 0.6) is 11.5 Å². The highest BCUT2D eigenvalue weighted by molar-refractivity contribution is 5.58. The molecule has 2 fully saturated rings. The van der Waals surface area contributed by atoms with Crippen LogP contribution in [-0.2, 0) is 0 Å². The van der Waals surface area contributed by atoms with E-state index in [9.17, 15) is 0 Å². The molecule has 0 amide bonds. The van der Waals surface area contributed by atoms with E-state index in [1.807, 2.05) is 0 Å². The number of benzene rings is 2. The summed E-state index contributed by atoms with van der Waals surface area (Å²) in [5.74, 6) is 5.56. The average molecular weight is 318 g/mol. The summed E-state index contributed by atoms with van der Waals surface area (Å²) in [5.41, 5.74) is 4.32. The van der Waals surface area contributed by atoms with Crippen molar-refractivity contribution >= 4 is 6.08 Å². The maximum atomic E-state index is 5.51. The summed E-state index contributed by atoms with van der Waals surface area (Å²) in [6, 6.07) is 15.1. The topological polar surface area (TPSA) is 18.5 Å². The molecular weight excluding hydrogens is 296 g/mol. The normalized spacial score (nSPS) is 31.8. The van der Waals surface area contributed by atoms with Crippen LogP contribution in [0.4, 0.5) is 0 Å². The fourth-order valence-electron chi connectivity index (χ4n) is 5.31. The molecule has 122 valence electrons. The Balaban J connectivity index is 1.43. The zero-order valence-electron chi connectivity index (χ0n) is 14.1. The van der Waals surface area contributed by atoms with Gasteiger partial charge in [-0.25, -0.2) is 0 Å². The molecule has 0 aliphatic heterocycles. The van der Waals surface area contributed by atoms with Gasteiger partial charge in [0.15, 0.2) is 11.5 Å². The van der Waals surface area contributed by atoms with Crippen molar-refractivity contribution in [2.45, 2.75) is 18.3 Å². The van der Waals surface area contributed by atoms with E-state index >= 15 is 0 Å².